The molecule has 0 unspecified atom stereocenters. The molecule has 1 aliphatic carbocycles. The van der Waals surface area contributed by atoms with Crippen LogP contribution in [0.4, 0.5) is 0 Å². The molecule has 0 spiro atoms. The van der Waals surface area contributed by atoms with Crippen LogP contribution >= 0.6 is 22.9 Å². The molecule has 0 aromatic carbocycles. The molecule has 1 aliphatic rings. The molecule has 0 saturated heterocycles. The molecule has 1 rings (SSSR count). The van der Waals surface area contributed by atoms with E-state index < -0.39 is 6.04 Å². The zero-order chi connectivity index (χ0) is 12.8. The number of hydrogen-bond acceptors (Lipinski definition) is 4. The Bertz CT molecular complexity index is 241. The summed E-state index contributed by atoms with van der Waals surface area (Å²) in [7, 11) is 0. The molecule has 1 saturated carbocycles. The van der Waals surface area contributed by atoms with E-state index in [9.17, 15) is 4.79 Å². The topological polar surface area (TPSA) is 64.4 Å². The summed E-state index contributed by atoms with van der Waals surface area (Å²) in [6, 6.07) is 0.102. The van der Waals surface area contributed by atoms with Crippen LogP contribution in [-0.2, 0) is 9.53 Å². The van der Waals surface area contributed by atoms with Gasteiger partial charge in [0.1, 0.15) is 12.1 Å². The zero-order valence-electron chi connectivity index (χ0n) is 10.6. The van der Waals surface area contributed by atoms with Gasteiger partial charge < -0.3 is 10.5 Å². The van der Waals surface area contributed by atoms with E-state index >= 15 is 0 Å². The van der Waals surface area contributed by atoms with Gasteiger partial charge in [0, 0.05) is 28.9 Å². The fourth-order valence-corrected chi connectivity index (χ4v) is 2.77. The van der Waals surface area contributed by atoms with Crippen molar-refractivity contribution in [3.8, 4) is 0 Å². The fraction of sp³-hybridized carbons (Fsp3) is 0.917. The number of ether oxygens (including phenoxy) is 1. The third-order valence-electron chi connectivity index (χ3n) is 3.14. The Morgan fingerprint density at radius 2 is 2.00 bits per heavy atom. The number of halogens is 1. The Morgan fingerprint density at radius 1 is 1.41 bits per heavy atom. The molecule has 17 heavy (non-hydrogen) atoms. The van der Waals surface area contributed by atoms with Crippen molar-refractivity contribution in [1.82, 2.24) is 3.53 Å². The van der Waals surface area contributed by atoms with E-state index in [0.717, 1.165) is 25.7 Å². The summed E-state index contributed by atoms with van der Waals surface area (Å²) in [6.45, 7) is 4.12. The van der Waals surface area contributed by atoms with E-state index in [0.29, 0.717) is 18.4 Å². The fourth-order valence-electron chi connectivity index (χ4n) is 2.15. The number of carbonyl (C=O) groups excluding carboxylic acids is 1. The summed E-state index contributed by atoms with van der Waals surface area (Å²) in [5.41, 5.74) is 5.80. The first-order chi connectivity index (χ1) is 8.02. The van der Waals surface area contributed by atoms with Gasteiger partial charge in [-0.15, -0.1) is 0 Å². The van der Waals surface area contributed by atoms with Crippen molar-refractivity contribution in [2.75, 3.05) is 0 Å². The lowest BCUT2D eigenvalue weighted by molar-refractivity contribution is -0.152. The average molecular weight is 354 g/mol. The number of hydrogen-bond donors (Lipinski definition) is 2. The molecule has 1 atom stereocenters. The molecule has 0 amide bonds. The Labute approximate surface area is 118 Å². The van der Waals surface area contributed by atoms with Gasteiger partial charge in [0.2, 0.25) is 0 Å². The van der Waals surface area contributed by atoms with Crippen molar-refractivity contribution in [2.24, 2.45) is 11.7 Å². The Balaban J connectivity index is 2.27. The maximum Gasteiger partial charge on any atom is 0.323 e. The summed E-state index contributed by atoms with van der Waals surface area (Å²) >= 11 is 2.19. The molecular formula is C12H23IN2O2. The second kappa shape index (κ2) is 7.53. The number of rotatable bonds is 5. The number of nitrogens with two attached hydrogens (primary N) is 1. The molecule has 100 valence electrons. The van der Waals surface area contributed by atoms with Gasteiger partial charge in [-0.25, -0.2) is 0 Å². The molecule has 4 nitrogen and oxygen atoms in total. The van der Waals surface area contributed by atoms with Crippen LogP contribution in [0.25, 0.3) is 0 Å². The van der Waals surface area contributed by atoms with E-state index in [-0.39, 0.29) is 12.1 Å². The van der Waals surface area contributed by atoms with E-state index in [1.54, 1.807) is 0 Å². The zero-order valence-corrected chi connectivity index (χ0v) is 12.8. The lowest BCUT2D eigenvalue weighted by Gasteiger charge is -2.28. The van der Waals surface area contributed by atoms with E-state index in [1.165, 1.54) is 0 Å². The molecule has 0 aromatic heterocycles. The van der Waals surface area contributed by atoms with Crippen LogP contribution in [0.2, 0.25) is 0 Å². The predicted molar refractivity (Wildman–Crippen MR) is 76.7 cm³/mol. The molecule has 0 radical (unpaired) electrons. The van der Waals surface area contributed by atoms with Crippen LogP contribution in [0.3, 0.4) is 0 Å². The molecule has 0 aromatic rings. The molecular weight excluding hydrogens is 331 g/mol. The summed E-state index contributed by atoms with van der Waals surface area (Å²) in [6.07, 6.45) is 4.80. The van der Waals surface area contributed by atoms with E-state index in [2.05, 4.69) is 40.2 Å². The first kappa shape index (κ1) is 15.2. The van der Waals surface area contributed by atoms with Gasteiger partial charge >= 0.3 is 5.97 Å². The van der Waals surface area contributed by atoms with Crippen LogP contribution in [0.15, 0.2) is 0 Å². The van der Waals surface area contributed by atoms with Gasteiger partial charge in [-0.1, -0.05) is 13.8 Å². The minimum atomic E-state index is -0.463. The highest BCUT2D eigenvalue weighted by molar-refractivity contribution is 14.1. The Kier molecular flexibility index (Phi) is 6.72. The van der Waals surface area contributed by atoms with E-state index in [4.69, 9.17) is 10.5 Å². The molecule has 1 fully saturated rings. The highest BCUT2D eigenvalue weighted by atomic mass is 127. The third kappa shape index (κ3) is 5.52. The highest BCUT2D eigenvalue weighted by Crippen LogP contribution is 2.22. The first-order valence-electron chi connectivity index (χ1n) is 6.35. The van der Waals surface area contributed by atoms with Crippen molar-refractivity contribution < 1.29 is 9.53 Å². The first-order valence-corrected chi connectivity index (χ1v) is 7.43. The highest BCUT2D eigenvalue weighted by Gasteiger charge is 2.25. The summed E-state index contributed by atoms with van der Waals surface area (Å²) in [5, 5.41) is 0. The summed E-state index contributed by atoms with van der Waals surface area (Å²) < 4.78 is 8.68. The maximum absolute atomic E-state index is 11.7. The maximum atomic E-state index is 11.7. The SMILES string of the molecule is CC(C)C[C@H](N)C(=O)OC1CCC(NI)CC1. The minimum absolute atomic E-state index is 0.0710. The monoisotopic (exact) mass is 354 g/mol. The number of nitrogens with one attached hydrogen (secondary N) is 1. The smallest absolute Gasteiger partial charge is 0.323 e. The van der Waals surface area contributed by atoms with Gasteiger partial charge in [0.15, 0.2) is 0 Å². The number of esters is 1. The van der Waals surface area contributed by atoms with Crippen LogP contribution in [0, 0.1) is 5.92 Å². The van der Waals surface area contributed by atoms with Crippen LogP contribution in [0.1, 0.15) is 46.0 Å². The lowest BCUT2D eigenvalue weighted by Crippen LogP contribution is -2.38. The van der Waals surface area contributed by atoms with Gasteiger partial charge in [-0.2, -0.15) is 0 Å². The summed E-state index contributed by atoms with van der Waals surface area (Å²) in [5.74, 6) is 0.195. The Morgan fingerprint density at radius 3 is 2.47 bits per heavy atom. The average Bonchev–Trinajstić information content (AvgIpc) is 2.29. The van der Waals surface area contributed by atoms with E-state index in [1.807, 2.05) is 0 Å². The molecule has 0 aliphatic heterocycles. The van der Waals surface area contributed by atoms with Crippen LogP contribution < -0.4 is 9.26 Å². The number of carbonyl (C=O) groups is 1. The second-order valence-corrected chi connectivity index (χ2v) is 5.88. The van der Waals surface area contributed by atoms with Crippen molar-refractivity contribution in [1.29, 1.82) is 0 Å². The second-order valence-electron chi connectivity index (χ2n) is 5.26. The van der Waals surface area contributed by atoms with Crippen molar-refractivity contribution in [3.05, 3.63) is 0 Å². The largest absolute Gasteiger partial charge is 0.461 e. The molecule has 3 N–H and O–H groups in total. The van der Waals surface area contributed by atoms with Crippen LogP contribution in [0.5, 0.6) is 0 Å². The molecule has 0 bridgehead atoms. The lowest BCUT2D eigenvalue weighted by atomic mass is 9.93. The van der Waals surface area contributed by atoms with Gasteiger partial charge in [-0.05, 0) is 38.0 Å². The normalized spacial score (nSPS) is 26.9. The summed E-state index contributed by atoms with van der Waals surface area (Å²) in [4.78, 5) is 11.7. The minimum Gasteiger partial charge on any atom is -0.461 e. The van der Waals surface area contributed by atoms with Crippen molar-refractivity contribution in [2.45, 2.75) is 64.1 Å². The molecule has 0 heterocycles. The van der Waals surface area contributed by atoms with Gasteiger partial charge in [0.05, 0.1) is 0 Å². The van der Waals surface area contributed by atoms with Crippen LogP contribution in [-0.4, -0.2) is 24.2 Å². The quantitative estimate of drug-likeness (QED) is 0.451. The van der Waals surface area contributed by atoms with Crippen molar-refractivity contribution in [3.63, 3.8) is 0 Å². The Hall–Kier alpha value is 0.120. The van der Waals surface area contributed by atoms with Crippen molar-refractivity contribution >= 4 is 28.8 Å². The van der Waals surface area contributed by atoms with Gasteiger partial charge in [-0.3, -0.25) is 8.32 Å². The van der Waals surface area contributed by atoms with Gasteiger partial charge in [0.25, 0.3) is 0 Å². The third-order valence-corrected chi connectivity index (χ3v) is 4.02. The standard InChI is InChI=1S/C12H23IN2O2/c1-8(2)7-11(14)12(16)17-10-5-3-9(15-13)4-6-10/h8-11,15H,3-7,14H2,1-2H3/t9?,10?,11-/m0/s1. The molecule has 5 heteroatoms. The predicted octanol–water partition coefficient (Wildman–Crippen LogP) is 2.15.